The van der Waals surface area contributed by atoms with E-state index in [-0.39, 0.29) is 35.2 Å². The fourth-order valence-electron chi connectivity index (χ4n) is 5.80. The molecule has 1 saturated heterocycles. The summed E-state index contributed by atoms with van der Waals surface area (Å²) in [7, 11) is 0. The van der Waals surface area contributed by atoms with Gasteiger partial charge in [0.05, 0.1) is 11.7 Å². The molecule has 5 atom stereocenters. The molecule has 1 aromatic rings. The zero-order chi connectivity index (χ0) is 19.4. The summed E-state index contributed by atoms with van der Waals surface area (Å²) < 4.78 is 12.0. The number of rotatable bonds is 3. The predicted octanol–water partition coefficient (Wildman–Crippen LogP) is 2.63. The Bertz CT molecular complexity index is 805. The van der Waals surface area contributed by atoms with Gasteiger partial charge in [-0.25, -0.2) is 0 Å². The first-order valence-corrected chi connectivity index (χ1v) is 10.5. The van der Waals surface area contributed by atoms with E-state index in [0.29, 0.717) is 24.3 Å². The number of carbonyl (C=O) groups excluding carboxylic acids is 2. The molecular weight excluding hydrogens is 356 g/mol. The van der Waals surface area contributed by atoms with Gasteiger partial charge in [-0.1, -0.05) is 19.1 Å². The third kappa shape index (κ3) is 2.81. The third-order valence-corrected chi connectivity index (χ3v) is 7.34. The van der Waals surface area contributed by atoms with Crippen LogP contribution in [0.25, 0.3) is 0 Å². The molecule has 4 fully saturated rings. The Labute approximate surface area is 165 Å². The van der Waals surface area contributed by atoms with E-state index in [1.807, 2.05) is 18.2 Å². The number of carbonyl (C=O) groups is 2. The fourth-order valence-corrected chi connectivity index (χ4v) is 5.80. The lowest BCUT2D eigenvalue weighted by atomic mass is 9.52. The third-order valence-electron chi connectivity index (χ3n) is 7.34. The first-order valence-electron chi connectivity index (χ1n) is 10.5. The van der Waals surface area contributed by atoms with Crippen molar-refractivity contribution >= 4 is 11.8 Å². The van der Waals surface area contributed by atoms with Crippen molar-refractivity contribution in [2.45, 2.75) is 57.3 Å². The zero-order valence-corrected chi connectivity index (χ0v) is 16.3. The van der Waals surface area contributed by atoms with Crippen LogP contribution in [0.2, 0.25) is 0 Å². The van der Waals surface area contributed by atoms with Crippen LogP contribution in [0.15, 0.2) is 24.3 Å². The van der Waals surface area contributed by atoms with Gasteiger partial charge in [-0.05, 0) is 49.7 Å². The second kappa shape index (κ2) is 6.48. The maximum Gasteiger partial charge on any atom is 0.258 e. The van der Waals surface area contributed by atoms with Crippen LogP contribution >= 0.6 is 0 Å². The van der Waals surface area contributed by atoms with Gasteiger partial charge in [-0.15, -0.1) is 0 Å². The van der Waals surface area contributed by atoms with Gasteiger partial charge in [0.25, 0.3) is 5.91 Å². The Morgan fingerprint density at radius 1 is 1.32 bits per heavy atom. The van der Waals surface area contributed by atoms with Gasteiger partial charge >= 0.3 is 0 Å². The van der Waals surface area contributed by atoms with Crippen molar-refractivity contribution in [1.82, 2.24) is 10.6 Å². The van der Waals surface area contributed by atoms with E-state index >= 15 is 0 Å². The number of benzene rings is 1. The summed E-state index contributed by atoms with van der Waals surface area (Å²) in [6, 6.07) is 7.41. The van der Waals surface area contributed by atoms with Crippen LogP contribution in [-0.4, -0.2) is 36.8 Å². The second-order valence-electron chi connectivity index (χ2n) is 9.18. The lowest BCUT2D eigenvalue weighted by molar-refractivity contribution is -0.167. The van der Waals surface area contributed by atoms with Gasteiger partial charge in [0.15, 0.2) is 5.72 Å². The monoisotopic (exact) mass is 384 g/mol. The Morgan fingerprint density at radius 2 is 2.18 bits per heavy atom. The number of ether oxygens (including phenoxy) is 2. The summed E-state index contributed by atoms with van der Waals surface area (Å²) in [6.07, 6.45) is 5.62. The van der Waals surface area contributed by atoms with Crippen molar-refractivity contribution in [3.8, 4) is 5.75 Å². The standard InChI is InChI=1S/C22H28N2O4/c1-21-9-8-14(11-17(21)20(26)23-12-15-5-4-10-27-15)22(13-21)24-19(25)16-6-2-3-7-18(16)28-22/h2-3,6-7,14-15,17H,4-5,8-13H2,1H3,(H,23,26)(H,24,25)/t14-,15-,17+,21+,22-/m0/s1. The number of hydrogen-bond donors (Lipinski definition) is 2. The molecule has 3 aliphatic carbocycles. The lowest BCUT2D eigenvalue weighted by Crippen LogP contribution is -2.69. The van der Waals surface area contributed by atoms with Gasteiger partial charge < -0.3 is 20.1 Å². The molecule has 0 radical (unpaired) electrons. The average Bonchev–Trinajstić information content (AvgIpc) is 3.19. The first kappa shape index (κ1) is 18.0. The molecule has 5 aliphatic rings. The molecule has 2 heterocycles. The second-order valence-corrected chi connectivity index (χ2v) is 9.18. The van der Waals surface area contributed by atoms with Crippen LogP contribution in [0, 0.1) is 17.3 Å². The van der Waals surface area contributed by atoms with E-state index in [2.05, 4.69) is 17.6 Å². The van der Waals surface area contributed by atoms with Crippen molar-refractivity contribution in [2.24, 2.45) is 17.3 Å². The van der Waals surface area contributed by atoms with E-state index in [1.54, 1.807) is 6.07 Å². The highest BCUT2D eigenvalue weighted by Crippen LogP contribution is 2.58. The summed E-state index contributed by atoms with van der Waals surface area (Å²) in [5.74, 6) is 0.806. The van der Waals surface area contributed by atoms with Crippen molar-refractivity contribution in [3.05, 3.63) is 29.8 Å². The van der Waals surface area contributed by atoms with Crippen molar-refractivity contribution in [3.63, 3.8) is 0 Å². The largest absolute Gasteiger partial charge is 0.467 e. The summed E-state index contributed by atoms with van der Waals surface area (Å²) >= 11 is 0. The highest BCUT2D eigenvalue weighted by atomic mass is 16.5. The van der Waals surface area contributed by atoms with Gasteiger partial charge in [0.1, 0.15) is 5.75 Å². The Hall–Kier alpha value is -2.08. The number of fused-ring (bicyclic) bond motifs is 3. The van der Waals surface area contributed by atoms with Gasteiger partial charge in [-0.2, -0.15) is 0 Å². The van der Waals surface area contributed by atoms with Crippen LogP contribution in [0.1, 0.15) is 55.8 Å². The normalized spacial score (nSPS) is 38.6. The Morgan fingerprint density at radius 3 is 2.96 bits per heavy atom. The molecule has 1 aromatic carbocycles. The first-order chi connectivity index (χ1) is 13.5. The summed E-state index contributed by atoms with van der Waals surface area (Å²) in [5, 5.41) is 6.30. The van der Waals surface area contributed by atoms with Crippen LogP contribution < -0.4 is 15.4 Å². The minimum atomic E-state index is -0.691. The average molecular weight is 384 g/mol. The molecule has 6 heteroatoms. The number of nitrogens with one attached hydrogen (secondary N) is 2. The number of para-hydroxylation sites is 1. The minimum absolute atomic E-state index is 0.0454. The summed E-state index contributed by atoms with van der Waals surface area (Å²) in [4.78, 5) is 25.7. The van der Waals surface area contributed by atoms with Crippen molar-refractivity contribution in [2.75, 3.05) is 13.2 Å². The molecule has 0 unspecified atom stereocenters. The Kier molecular flexibility index (Phi) is 4.16. The van der Waals surface area contributed by atoms with Crippen molar-refractivity contribution in [1.29, 1.82) is 0 Å². The number of hydrogen-bond acceptors (Lipinski definition) is 4. The fraction of sp³-hybridized carbons (Fsp3) is 0.636. The molecular formula is C22H28N2O4. The van der Waals surface area contributed by atoms with Crippen LogP contribution in [-0.2, 0) is 9.53 Å². The van der Waals surface area contributed by atoms with Gasteiger partial charge in [-0.3, -0.25) is 9.59 Å². The molecule has 28 heavy (non-hydrogen) atoms. The number of amides is 2. The van der Waals surface area contributed by atoms with Crippen LogP contribution in [0.4, 0.5) is 0 Å². The quantitative estimate of drug-likeness (QED) is 0.840. The highest BCUT2D eigenvalue weighted by Gasteiger charge is 2.61. The topological polar surface area (TPSA) is 76.7 Å². The maximum absolute atomic E-state index is 13.0. The van der Waals surface area contributed by atoms with Gasteiger partial charge in [0, 0.05) is 31.4 Å². The van der Waals surface area contributed by atoms with Crippen molar-refractivity contribution < 1.29 is 19.1 Å². The molecule has 2 amide bonds. The van der Waals surface area contributed by atoms with E-state index in [4.69, 9.17) is 9.47 Å². The summed E-state index contributed by atoms with van der Waals surface area (Å²) in [6.45, 7) is 3.57. The Balaban J connectivity index is 1.34. The highest BCUT2D eigenvalue weighted by molar-refractivity contribution is 5.98. The predicted molar refractivity (Wildman–Crippen MR) is 103 cm³/mol. The maximum atomic E-state index is 13.0. The van der Waals surface area contributed by atoms with E-state index in [9.17, 15) is 9.59 Å². The molecule has 2 aliphatic heterocycles. The zero-order valence-electron chi connectivity index (χ0n) is 16.3. The molecule has 0 aromatic heterocycles. The minimum Gasteiger partial charge on any atom is -0.467 e. The van der Waals surface area contributed by atoms with Gasteiger partial charge in [0.2, 0.25) is 5.91 Å². The lowest BCUT2D eigenvalue weighted by Gasteiger charge is -2.59. The molecule has 6 rings (SSSR count). The van der Waals surface area contributed by atoms with E-state index in [1.165, 1.54) is 0 Å². The van der Waals surface area contributed by atoms with Crippen LogP contribution in [0.5, 0.6) is 5.75 Å². The molecule has 2 N–H and O–H groups in total. The molecule has 6 nitrogen and oxygen atoms in total. The molecule has 3 saturated carbocycles. The smallest absolute Gasteiger partial charge is 0.258 e. The van der Waals surface area contributed by atoms with Crippen LogP contribution in [0.3, 0.4) is 0 Å². The van der Waals surface area contributed by atoms with E-state index in [0.717, 1.165) is 38.7 Å². The molecule has 150 valence electrons. The van der Waals surface area contributed by atoms with E-state index < -0.39 is 5.72 Å². The summed E-state index contributed by atoms with van der Waals surface area (Å²) in [5.41, 5.74) is -0.288. The molecule has 1 spiro atoms. The SMILES string of the molecule is C[C@]12CC[C@@H](C[C@@H]1C(=O)NC[C@@H]1CCCO1)[C@@]1(C2)NC(=O)c2ccccc2O1. The molecule has 2 bridgehead atoms.